The van der Waals surface area contributed by atoms with Gasteiger partial charge in [0.15, 0.2) is 5.69 Å². The van der Waals surface area contributed by atoms with Crippen LogP contribution in [-0.2, 0) is 6.18 Å². The van der Waals surface area contributed by atoms with E-state index in [9.17, 15) is 13.2 Å². The van der Waals surface area contributed by atoms with Gasteiger partial charge in [-0.1, -0.05) is 24.8 Å². The summed E-state index contributed by atoms with van der Waals surface area (Å²) in [5, 5.41) is 3.75. The molecule has 0 aromatic carbocycles. The van der Waals surface area contributed by atoms with Crippen LogP contribution in [-0.4, -0.2) is 9.78 Å². The van der Waals surface area contributed by atoms with Gasteiger partial charge < -0.3 is 0 Å². The molecule has 0 bridgehead atoms. The number of rotatable bonds is 3. The van der Waals surface area contributed by atoms with Gasteiger partial charge in [-0.05, 0) is 25.5 Å². The first-order chi connectivity index (χ1) is 7.91. The van der Waals surface area contributed by atoms with E-state index < -0.39 is 11.9 Å². The molecule has 2 nitrogen and oxygen atoms in total. The molecule has 0 amide bonds. The Labute approximate surface area is 97.8 Å². The molecule has 92 valence electrons. The van der Waals surface area contributed by atoms with Crippen LogP contribution in [0.2, 0.25) is 0 Å². The maximum Gasteiger partial charge on any atom is 0.433 e. The Morgan fingerprint density at radius 2 is 2.12 bits per heavy atom. The van der Waals surface area contributed by atoms with Crippen molar-refractivity contribution < 1.29 is 13.2 Å². The first kappa shape index (κ1) is 13.3. The quantitative estimate of drug-likeness (QED) is 0.737. The van der Waals surface area contributed by atoms with E-state index in [1.54, 1.807) is 19.1 Å². The van der Waals surface area contributed by atoms with Gasteiger partial charge in [0, 0.05) is 0 Å². The van der Waals surface area contributed by atoms with E-state index in [2.05, 4.69) is 11.7 Å². The molecule has 0 N–H and O–H groups in total. The fourth-order valence-corrected chi connectivity index (χ4v) is 1.43. The standard InChI is InChI=1S/C12H13F3N2/c1-4-6-7-10(5-2)17-11(12(13,14)15)9(3)8-16-17/h4-8H,1H2,2-3H3/b7-6-,10-5+. The van der Waals surface area contributed by atoms with Crippen molar-refractivity contribution in [2.75, 3.05) is 0 Å². The van der Waals surface area contributed by atoms with Crippen molar-refractivity contribution in [1.29, 1.82) is 0 Å². The zero-order chi connectivity index (χ0) is 13.1. The van der Waals surface area contributed by atoms with Crippen LogP contribution in [0.3, 0.4) is 0 Å². The number of alkyl halides is 3. The molecule has 0 aliphatic heterocycles. The number of hydrogen-bond donors (Lipinski definition) is 0. The molecule has 1 aromatic rings. The maximum absolute atomic E-state index is 12.8. The van der Waals surface area contributed by atoms with Gasteiger partial charge >= 0.3 is 6.18 Å². The lowest BCUT2D eigenvalue weighted by Crippen LogP contribution is -2.15. The second-order valence-electron chi connectivity index (χ2n) is 3.39. The minimum Gasteiger partial charge on any atom is -0.229 e. The number of aromatic nitrogens is 2. The van der Waals surface area contributed by atoms with Crippen LogP contribution in [0.4, 0.5) is 13.2 Å². The SMILES string of the molecule is C=C/C=C\C(=C/C)n1ncc(C)c1C(F)(F)F. The molecule has 1 rings (SSSR count). The number of allylic oxidation sites excluding steroid dienone is 5. The molecule has 1 heterocycles. The third kappa shape index (κ3) is 2.87. The summed E-state index contributed by atoms with van der Waals surface area (Å²) >= 11 is 0. The third-order valence-electron chi connectivity index (χ3n) is 2.16. The lowest BCUT2D eigenvalue weighted by atomic mass is 10.2. The van der Waals surface area contributed by atoms with Crippen molar-refractivity contribution in [1.82, 2.24) is 9.78 Å². The average molecular weight is 242 g/mol. The van der Waals surface area contributed by atoms with Crippen LogP contribution >= 0.6 is 0 Å². The van der Waals surface area contributed by atoms with E-state index in [1.165, 1.54) is 25.3 Å². The van der Waals surface area contributed by atoms with Gasteiger partial charge in [-0.25, -0.2) is 4.68 Å². The van der Waals surface area contributed by atoms with E-state index in [4.69, 9.17) is 0 Å². The van der Waals surface area contributed by atoms with Crippen LogP contribution in [0.5, 0.6) is 0 Å². The topological polar surface area (TPSA) is 17.8 Å². The van der Waals surface area contributed by atoms with Crippen molar-refractivity contribution in [2.24, 2.45) is 0 Å². The minimum atomic E-state index is -4.42. The molecule has 1 aromatic heterocycles. The first-order valence-corrected chi connectivity index (χ1v) is 4.99. The van der Waals surface area contributed by atoms with Crippen LogP contribution in [0.15, 0.2) is 37.1 Å². The lowest BCUT2D eigenvalue weighted by molar-refractivity contribution is -0.143. The van der Waals surface area contributed by atoms with Gasteiger partial charge in [0.05, 0.1) is 11.9 Å². The Bertz CT molecular complexity index is 465. The van der Waals surface area contributed by atoms with Gasteiger partial charge in [0.25, 0.3) is 0 Å². The molecule has 17 heavy (non-hydrogen) atoms. The molecule has 0 aliphatic rings. The van der Waals surface area contributed by atoms with E-state index in [-0.39, 0.29) is 5.56 Å². The number of hydrogen-bond acceptors (Lipinski definition) is 1. The fourth-order valence-electron chi connectivity index (χ4n) is 1.43. The molecule has 0 fully saturated rings. The van der Waals surface area contributed by atoms with Crippen LogP contribution in [0.1, 0.15) is 18.2 Å². The van der Waals surface area contributed by atoms with Gasteiger partial charge in [0.2, 0.25) is 0 Å². The number of nitrogens with zero attached hydrogens (tertiary/aromatic N) is 2. The van der Waals surface area contributed by atoms with Crippen molar-refractivity contribution in [2.45, 2.75) is 20.0 Å². The van der Waals surface area contributed by atoms with E-state index in [0.717, 1.165) is 4.68 Å². The Hall–Kier alpha value is -1.78. The zero-order valence-corrected chi connectivity index (χ0v) is 9.62. The molecule has 0 aliphatic carbocycles. The Balaban J connectivity index is 3.32. The van der Waals surface area contributed by atoms with Gasteiger partial charge in [0.1, 0.15) is 0 Å². The highest BCUT2D eigenvalue weighted by molar-refractivity contribution is 5.58. The summed E-state index contributed by atoms with van der Waals surface area (Å²) in [4.78, 5) is 0. The molecular weight excluding hydrogens is 229 g/mol. The Kier molecular flexibility index (Phi) is 3.93. The highest BCUT2D eigenvalue weighted by Crippen LogP contribution is 2.33. The highest BCUT2D eigenvalue weighted by Gasteiger charge is 2.37. The van der Waals surface area contributed by atoms with Gasteiger partial charge in [-0.2, -0.15) is 18.3 Å². The normalized spacial score (nSPS) is 13.4. The summed E-state index contributed by atoms with van der Waals surface area (Å²) in [5.74, 6) is 0. The largest absolute Gasteiger partial charge is 0.433 e. The van der Waals surface area contributed by atoms with Crippen LogP contribution < -0.4 is 0 Å². The Morgan fingerprint density at radius 1 is 1.47 bits per heavy atom. The zero-order valence-electron chi connectivity index (χ0n) is 9.62. The summed E-state index contributed by atoms with van der Waals surface area (Å²) in [6.45, 7) is 6.51. The summed E-state index contributed by atoms with van der Waals surface area (Å²) in [6.07, 6.45) is 2.92. The summed E-state index contributed by atoms with van der Waals surface area (Å²) in [7, 11) is 0. The molecule has 5 heteroatoms. The second-order valence-corrected chi connectivity index (χ2v) is 3.39. The molecule has 0 saturated carbocycles. The third-order valence-corrected chi connectivity index (χ3v) is 2.16. The Morgan fingerprint density at radius 3 is 2.59 bits per heavy atom. The molecule has 0 atom stereocenters. The van der Waals surface area contributed by atoms with E-state index in [1.807, 2.05) is 0 Å². The fraction of sp³-hybridized carbons (Fsp3) is 0.250. The molecule has 0 spiro atoms. The lowest BCUT2D eigenvalue weighted by Gasteiger charge is -2.11. The van der Waals surface area contributed by atoms with Crippen molar-refractivity contribution >= 4 is 5.70 Å². The first-order valence-electron chi connectivity index (χ1n) is 4.99. The number of halogens is 3. The van der Waals surface area contributed by atoms with Crippen molar-refractivity contribution in [3.8, 4) is 0 Å². The van der Waals surface area contributed by atoms with Crippen molar-refractivity contribution in [3.05, 3.63) is 48.3 Å². The maximum atomic E-state index is 12.8. The molecule has 0 unspecified atom stereocenters. The second kappa shape index (κ2) is 5.03. The monoisotopic (exact) mass is 242 g/mol. The van der Waals surface area contributed by atoms with Crippen LogP contribution in [0, 0.1) is 6.92 Å². The average Bonchev–Trinajstić information content (AvgIpc) is 2.61. The van der Waals surface area contributed by atoms with E-state index in [0.29, 0.717) is 5.70 Å². The number of aryl methyl sites for hydroxylation is 1. The summed E-state index contributed by atoms with van der Waals surface area (Å²) in [6, 6.07) is 0. The summed E-state index contributed by atoms with van der Waals surface area (Å²) < 4.78 is 39.4. The van der Waals surface area contributed by atoms with Gasteiger partial charge in [-0.15, -0.1) is 0 Å². The summed E-state index contributed by atoms with van der Waals surface area (Å²) in [5.41, 5.74) is -0.298. The van der Waals surface area contributed by atoms with Crippen LogP contribution in [0.25, 0.3) is 5.70 Å². The predicted octanol–water partition coefficient (Wildman–Crippen LogP) is 3.81. The molecule has 0 radical (unpaired) electrons. The predicted molar refractivity (Wildman–Crippen MR) is 61.3 cm³/mol. The van der Waals surface area contributed by atoms with Crippen molar-refractivity contribution in [3.63, 3.8) is 0 Å². The highest BCUT2D eigenvalue weighted by atomic mass is 19.4. The molecule has 0 saturated heterocycles. The smallest absolute Gasteiger partial charge is 0.229 e. The minimum absolute atomic E-state index is 0.101. The molecular formula is C12H13F3N2. The van der Waals surface area contributed by atoms with E-state index >= 15 is 0 Å². The van der Waals surface area contributed by atoms with Gasteiger partial charge in [-0.3, -0.25) is 0 Å².